The van der Waals surface area contributed by atoms with Crippen LogP contribution in [0.25, 0.3) is 6.08 Å². The lowest BCUT2D eigenvalue weighted by molar-refractivity contribution is -0.150. The molecular weight excluding hydrogens is 356 g/mol. The minimum absolute atomic E-state index is 0.178. The summed E-state index contributed by atoms with van der Waals surface area (Å²) in [5, 5.41) is 2.14. The SMILES string of the molecule is CC[C@H](C)OC(=O)CN1C(=O)S/C(=C\c2ccc(NC(C)=O)cc2)C1=O. The summed E-state index contributed by atoms with van der Waals surface area (Å²) in [7, 11) is 0. The normalized spacial score (nSPS) is 16.7. The zero-order chi connectivity index (χ0) is 19.3. The van der Waals surface area contributed by atoms with Gasteiger partial charge < -0.3 is 10.1 Å². The first-order chi connectivity index (χ1) is 12.3. The maximum Gasteiger partial charge on any atom is 0.326 e. The number of nitrogens with zero attached hydrogens (tertiary/aromatic N) is 1. The van der Waals surface area contributed by atoms with E-state index in [0.29, 0.717) is 17.7 Å². The van der Waals surface area contributed by atoms with Crippen molar-refractivity contribution in [3.63, 3.8) is 0 Å². The molecule has 138 valence electrons. The lowest BCUT2D eigenvalue weighted by Gasteiger charge is -2.14. The summed E-state index contributed by atoms with van der Waals surface area (Å²) in [6.45, 7) is 4.64. The van der Waals surface area contributed by atoms with E-state index in [4.69, 9.17) is 4.74 Å². The van der Waals surface area contributed by atoms with Crippen LogP contribution in [-0.4, -0.2) is 40.6 Å². The zero-order valence-corrected chi connectivity index (χ0v) is 15.6. The van der Waals surface area contributed by atoms with Crippen molar-refractivity contribution in [2.45, 2.75) is 33.3 Å². The van der Waals surface area contributed by atoms with Crippen LogP contribution in [0.1, 0.15) is 32.8 Å². The Bertz CT molecular complexity index is 757. The summed E-state index contributed by atoms with van der Waals surface area (Å²) >= 11 is 0.779. The number of carbonyl (C=O) groups excluding carboxylic acids is 4. The minimum Gasteiger partial charge on any atom is -0.461 e. The summed E-state index contributed by atoms with van der Waals surface area (Å²) in [5.41, 5.74) is 1.34. The van der Waals surface area contributed by atoms with E-state index in [0.717, 1.165) is 16.7 Å². The van der Waals surface area contributed by atoms with Gasteiger partial charge in [0.2, 0.25) is 5.91 Å². The Balaban J connectivity index is 2.06. The van der Waals surface area contributed by atoms with Gasteiger partial charge in [-0.2, -0.15) is 0 Å². The van der Waals surface area contributed by atoms with E-state index >= 15 is 0 Å². The lowest BCUT2D eigenvalue weighted by atomic mass is 10.2. The van der Waals surface area contributed by atoms with Crippen LogP contribution < -0.4 is 5.32 Å². The second kappa shape index (κ2) is 8.66. The molecule has 1 saturated heterocycles. The molecule has 1 atom stereocenters. The van der Waals surface area contributed by atoms with Crippen LogP contribution in [0, 0.1) is 0 Å². The molecule has 1 aromatic carbocycles. The molecule has 1 N–H and O–H groups in total. The zero-order valence-electron chi connectivity index (χ0n) is 14.8. The van der Waals surface area contributed by atoms with Crippen molar-refractivity contribution < 1.29 is 23.9 Å². The summed E-state index contributed by atoms with van der Waals surface area (Å²) in [5.74, 6) is -1.31. The second-order valence-corrected chi connectivity index (χ2v) is 6.77. The molecule has 0 radical (unpaired) electrons. The Morgan fingerprint density at radius 2 is 1.92 bits per heavy atom. The van der Waals surface area contributed by atoms with E-state index in [-0.39, 0.29) is 16.9 Å². The standard InChI is InChI=1S/C18H20N2O5S/c1-4-11(2)25-16(22)10-20-17(23)15(26-18(20)24)9-13-5-7-14(8-6-13)19-12(3)21/h5-9,11H,4,10H2,1-3H3,(H,19,21)/b15-9-/t11-/m0/s1. The predicted molar refractivity (Wildman–Crippen MR) is 99.3 cm³/mol. The van der Waals surface area contributed by atoms with Crippen LogP contribution in [0.3, 0.4) is 0 Å². The van der Waals surface area contributed by atoms with E-state index < -0.39 is 23.7 Å². The highest BCUT2D eigenvalue weighted by Crippen LogP contribution is 2.32. The number of esters is 1. The van der Waals surface area contributed by atoms with Crippen molar-refractivity contribution in [3.05, 3.63) is 34.7 Å². The van der Waals surface area contributed by atoms with Crippen LogP contribution in [0.15, 0.2) is 29.2 Å². The Morgan fingerprint density at radius 1 is 1.27 bits per heavy atom. The number of hydrogen-bond donors (Lipinski definition) is 1. The first-order valence-corrected chi connectivity index (χ1v) is 8.94. The van der Waals surface area contributed by atoms with Crippen LogP contribution in [0.5, 0.6) is 0 Å². The molecule has 0 spiro atoms. The van der Waals surface area contributed by atoms with Crippen LogP contribution in [0.4, 0.5) is 10.5 Å². The van der Waals surface area contributed by atoms with Gasteiger partial charge in [0.15, 0.2) is 0 Å². The topological polar surface area (TPSA) is 92.8 Å². The highest BCUT2D eigenvalue weighted by molar-refractivity contribution is 8.18. The van der Waals surface area contributed by atoms with Crippen LogP contribution in [-0.2, 0) is 19.1 Å². The molecule has 3 amide bonds. The van der Waals surface area contributed by atoms with Gasteiger partial charge in [-0.25, -0.2) is 0 Å². The number of amides is 3. The summed E-state index contributed by atoms with van der Waals surface area (Å²) in [6, 6.07) is 6.83. The molecule has 1 aromatic rings. The summed E-state index contributed by atoms with van der Waals surface area (Å²) in [4.78, 5) is 48.3. The van der Waals surface area contributed by atoms with Gasteiger partial charge in [-0.3, -0.25) is 24.1 Å². The first kappa shape index (κ1) is 19.7. The molecule has 7 nitrogen and oxygen atoms in total. The van der Waals surface area contributed by atoms with Gasteiger partial charge in [0.1, 0.15) is 6.54 Å². The van der Waals surface area contributed by atoms with Crippen molar-refractivity contribution in [1.29, 1.82) is 0 Å². The van der Waals surface area contributed by atoms with Gasteiger partial charge in [0.25, 0.3) is 11.1 Å². The quantitative estimate of drug-likeness (QED) is 0.606. The Kier molecular flexibility index (Phi) is 6.57. The van der Waals surface area contributed by atoms with Crippen molar-refractivity contribution in [2.75, 3.05) is 11.9 Å². The number of rotatable bonds is 6. The Morgan fingerprint density at radius 3 is 2.50 bits per heavy atom. The monoisotopic (exact) mass is 376 g/mol. The lowest BCUT2D eigenvalue weighted by Crippen LogP contribution is -2.35. The smallest absolute Gasteiger partial charge is 0.326 e. The molecule has 1 heterocycles. The van der Waals surface area contributed by atoms with Gasteiger partial charge in [-0.15, -0.1) is 0 Å². The molecule has 1 aliphatic rings. The fourth-order valence-corrected chi connectivity index (χ4v) is 2.97. The number of thioether (sulfide) groups is 1. The molecule has 26 heavy (non-hydrogen) atoms. The minimum atomic E-state index is -0.609. The molecular formula is C18H20N2O5S. The largest absolute Gasteiger partial charge is 0.461 e. The molecule has 8 heteroatoms. The number of carbonyl (C=O) groups is 4. The molecule has 0 unspecified atom stereocenters. The number of ether oxygens (including phenoxy) is 1. The molecule has 0 aromatic heterocycles. The predicted octanol–water partition coefficient (Wildman–Crippen LogP) is 3.02. The van der Waals surface area contributed by atoms with E-state index in [2.05, 4.69) is 5.32 Å². The van der Waals surface area contributed by atoms with E-state index in [1.54, 1.807) is 37.3 Å². The third-order valence-corrected chi connectivity index (χ3v) is 4.50. The molecule has 0 aliphatic carbocycles. The van der Waals surface area contributed by atoms with Crippen molar-refractivity contribution in [2.24, 2.45) is 0 Å². The van der Waals surface area contributed by atoms with E-state index in [9.17, 15) is 19.2 Å². The highest BCUT2D eigenvalue weighted by Gasteiger charge is 2.36. The number of benzene rings is 1. The van der Waals surface area contributed by atoms with Crippen LogP contribution in [0.2, 0.25) is 0 Å². The van der Waals surface area contributed by atoms with Gasteiger partial charge >= 0.3 is 5.97 Å². The number of anilines is 1. The number of nitrogens with one attached hydrogen (secondary N) is 1. The third kappa shape index (κ3) is 5.19. The summed E-state index contributed by atoms with van der Waals surface area (Å²) in [6.07, 6.45) is 1.96. The Hall–Kier alpha value is -2.61. The first-order valence-electron chi connectivity index (χ1n) is 8.12. The second-order valence-electron chi connectivity index (χ2n) is 5.78. The maximum atomic E-state index is 12.4. The Labute approximate surface area is 155 Å². The van der Waals surface area contributed by atoms with Gasteiger partial charge in [-0.05, 0) is 48.9 Å². The molecule has 0 bridgehead atoms. The van der Waals surface area contributed by atoms with E-state index in [1.165, 1.54) is 6.92 Å². The molecule has 0 saturated carbocycles. The fraction of sp³-hybridized carbons (Fsp3) is 0.333. The third-order valence-electron chi connectivity index (χ3n) is 3.60. The number of imide groups is 1. The average Bonchev–Trinajstić information content (AvgIpc) is 2.83. The van der Waals surface area contributed by atoms with E-state index in [1.807, 2.05) is 6.92 Å². The molecule has 2 rings (SSSR count). The van der Waals surface area contributed by atoms with Crippen molar-refractivity contribution in [1.82, 2.24) is 4.90 Å². The van der Waals surface area contributed by atoms with Gasteiger partial charge in [0.05, 0.1) is 11.0 Å². The highest BCUT2D eigenvalue weighted by atomic mass is 32.2. The average molecular weight is 376 g/mol. The number of hydrogen-bond acceptors (Lipinski definition) is 6. The fourth-order valence-electron chi connectivity index (χ4n) is 2.13. The van der Waals surface area contributed by atoms with Gasteiger partial charge in [-0.1, -0.05) is 19.1 Å². The molecule has 1 aliphatic heterocycles. The van der Waals surface area contributed by atoms with Crippen molar-refractivity contribution in [3.8, 4) is 0 Å². The summed E-state index contributed by atoms with van der Waals surface area (Å²) < 4.78 is 5.11. The van der Waals surface area contributed by atoms with Crippen LogP contribution >= 0.6 is 11.8 Å². The van der Waals surface area contributed by atoms with Gasteiger partial charge in [0, 0.05) is 12.6 Å². The molecule has 1 fully saturated rings. The maximum absolute atomic E-state index is 12.4. The van der Waals surface area contributed by atoms with Crippen molar-refractivity contribution >= 4 is 46.5 Å².